The van der Waals surface area contributed by atoms with E-state index in [2.05, 4.69) is 76.0 Å². The Balaban J connectivity index is 1.71. The smallest absolute Gasteiger partial charge is 0.0304 e. The number of nitrogens with two attached hydrogens (primary N) is 1. The van der Waals surface area contributed by atoms with E-state index in [4.69, 9.17) is 5.84 Å². The first kappa shape index (κ1) is 16.6. The normalized spacial score (nSPS) is 12.3. The van der Waals surface area contributed by atoms with Gasteiger partial charge in [-0.25, -0.2) is 0 Å². The fourth-order valence-electron chi connectivity index (χ4n) is 2.14. The first-order valence-corrected chi connectivity index (χ1v) is 8.94. The molecule has 0 amide bonds. The maximum absolute atomic E-state index is 5.67. The number of aryl methyl sites for hydroxylation is 1. The maximum atomic E-state index is 5.67. The largest absolute Gasteiger partial charge is 0.271 e. The number of halogens is 1. The van der Waals surface area contributed by atoms with Crippen LogP contribution in [0, 0.1) is 0 Å². The molecule has 0 radical (unpaired) electrons. The number of benzene rings is 2. The molecule has 112 valence electrons. The van der Waals surface area contributed by atoms with Gasteiger partial charge < -0.3 is 0 Å². The lowest BCUT2D eigenvalue weighted by Gasteiger charge is -2.15. The van der Waals surface area contributed by atoms with Crippen LogP contribution in [0.3, 0.4) is 0 Å². The van der Waals surface area contributed by atoms with Gasteiger partial charge >= 0.3 is 0 Å². The number of rotatable bonds is 8. The third-order valence-corrected chi connectivity index (χ3v) is 5.06. The highest BCUT2D eigenvalue weighted by Crippen LogP contribution is 2.22. The van der Waals surface area contributed by atoms with Gasteiger partial charge in [0.2, 0.25) is 0 Å². The van der Waals surface area contributed by atoms with Gasteiger partial charge in [-0.2, -0.15) is 0 Å². The van der Waals surface area contributed by atoms with Crippen LogP contribution >= 0.6 is 27.7 Å². The first-order chi connectivity index (χ1) is 10.3. The van der Waals surface area contributed by atoms with Crippen LogP contribution in [0.15, 0.2) is 64.0 Å². The van der Waals surface area contributed by atoms with Gasteiger partial charge in [0, 0.05) is 21.2 Å². The molecular weight excluding hydrogens is 344 g/mol. The summed E-state index contributed by atoms with van der Waals surface area (Å²) in [6.07, 6.45) is 3.36. The minimum Gasteiger partial charge on any atom is -0.271 e. The molecule has 2 nitrogen and oxygen atoms in total. The lowest BCUT2D eigenvalue weighted by Crippen LogP contribution is -2.37. The summed E-state index contributed by atoms with van der Waals surface area (Å²) in [4.78, 5) is 1.28. The molecule has 0 spiro atoms. The second-order valence-corrected chi connectivity index (χ2v) is 7.02. The summed E-state index contributed by atoms with van der Waals surface area (Å²) < 4.78 is 1.11. The molecule has 0 aliphatic carbocycles. The third-order valence-electron chi connectivity index (χ3n) is 3.36. The minimum atomic E-state index is 0.349. The number of hydrogen-bond donors (Lipinski definition) is 2. The van der Waals surface area contributed by atoms with E-state index in [1.165, 1.54) is 10.5 Å². The topological polar surface area (TPSA) is 38.0 Å². The van der Waals surface area contributed by atoms with Crippen molar-refractivity contribution in [1.29, 1.82) is 0 Å². The van der Waals surface area contributed by atoms with E-state index in [0.717, 1.165) is 29.5 Å². The summed E-state index contributed by atoms with van der Waals surface area (Å²) in [6.45, 7) is 0. The highest BCUT2D eigenvalue weighted by molar-refractivity contribution is 9.10. The van der Waals surface area contributed by atoms with E-state index in [1.807, 2.05) is 11.8 Å². The third kappa shape index (κ3) is 6.22. The second kappa shape index (κ2) is 9.26. The van der Waals surface area contributed by atoms with Crippen molar-refractivity contribution in [2.24, 2.45) is 5.84 Å². The van der Waals surface area contributed by atoms with Crippen molar-refractivity contribution in [3.05, 3.63) is 64.6 Å². The molecule has 2 rings (SSSR count). The Morgan fingerprint density at radius 1 is 1.05 bits per heavy atom. The molecule has 2 aromatic carbocycles. The highest BCUT2D eigenvalue weighted by Gasteiger charge is 2.07. The molecule has 0 fully saturated rings. The molecule has 3 N–H and O–H groups in total. The van der Waals surface area contributed by atoms with Crippen LogP contribution in [0.4, 0.5) is 0 Å². The van der Waals surface area contributed by atoms with E-state index < -0.39 is 0 Å². The Morgan fingerprint density at radius 2 is 1.76 bits per heavy atom. The number of hydrazine groups is 1. The average Bonchev–Trinajstić information content (AvgIpc) is 2.53. The van der Waals surface area contributed by atoms with Crippen molar-refractivity contribution in [2.45, 2.75) is 30.2 Å². The van der Waals surface area contributed by atoms with E-state index in [1.54, 1.807) is 0 Å². The zero-order chi connectivity index (χ0) is 14.9. The molecule has 4 heteroatoms. The molecule has 0 aromatic heterocycles. The lowest BCUT2D eigenvalue weighted by molar-refractivity contribution is 0.520. The van der Waals surface area contributed by atoms with E-state index >= 15 is 0 Å². The average molecular weight is 365 g/mol. The molecule has 0 saturated heterocycles. The van der Waals surface area contributed by atoms with E-state index in [-0.39, 0.29) is 0 Å². The van der Waals surface area contributed by atoms with Gasteiger partial charge in [-0.05, 0) is 49.1 Å². The summed E-state index contributed by atoms with van der Waals surface area (Å²) in [5, 5.41) is 0. The fraction of sp³-hybridized carbons (Fsp3) is 0.294. The van der Waals surface area contributed by atoms with Crippen LogP contribution in [-0.2, 0) is 6.42 Å². The molecule has 0 heterocycles. The summed E-state index contributed by atoms with van der Waals surface area (Å²) in [5.74, 6) is 6.66. The molecule has 0 aliphatic heterocycles. The van der Waals surface area contributed by atoms with Crippen LogP contribution in [0.2, 0.25) is 0 Å². The van der Waals surface area contributed by atoms with E-state index in [0.29, 0.717) is 6.04 Å². The van der Waals surface area contributed by atoms with Gasteiger partial charge in [-0.15, -0.1) is 11.8 Å². The first-order valence-electron chi connectivity index (χ1n) is 7.16. The molecule has 21 heavy (non-hydrogen) atoms. The summed E-state index contributed by atoms with van der Waals surface area (Å²) in [7, 11) is 0. The quantitative estimate of drug-likeness (QED) is 0.414. The van der Waals surface area contributed by atoms with E-state index in [9.17, 15) is 0 Å². The van der Waals surface area contributed by atoms with Crippen molar-refractivity contribution < 1.29 is 0 Å². The molecule has 1 unspecified atom stereocenters. The van der Waals surface area contributed by atoms with Gasteiger partial charge in [0.05, 0.1) is 0 Å². The van der Waals surface area contributed by atoms with Crippen LogP contribution in [0.5, 0.6) is 0 Å². The molecule has 2 aromatic rings. The molecule has 0 aliphatic rings. The zero-order valence-electron chi connectivity index (χ0n) is 12.0. The zero-order valence-corrected chi connectivity index (χ0v) is 14.4. The summed E-state index contributed by atoms with van der Waals surface area (Å²) in [6, 6.07) is 19.4. The Bertz CT molecular complexity index is 516. The van der Waals surface area contributed by atoms with Gasteiger partial charge in [0.1, 0.15) is 0 Å². The van der Waals surface area contributed by atoms with Gasteiger partial charge in [-0.3, -0.25) is 11.3 Å². The van der Waals surface area contributed by atoms with Crippen molar-refractivity contribution in [2.75, 3.05) is 5.75 Å². The predicted octanol–water partition coefficient (Wildman–Crippen LogP) is 4.40. The summed E-state index contributed by atoms with van der Waals surface area (Å²) in [5.41, 5.74) is 4.34. The monoisotopic (exact) mass is 364 g/mol. The van der Waals surface area contributed by atoms with Crippen LogP contribution in [-0.4, -0.2) is 11.8 Å². The minimum absolute atomic E-state index is 0.349. The molecule has 1 atom stereocenters. The van der Waals surface area contributed by atoms with Crippen molar-refractivity contribution >= 4 is 27.7 Å². The van der Waals surface area contributed by atoms with Crippen molar-refractivity contribution in [1.82, 2.24) is 5.43 Å². The number of nitrogens with one attached hydrogen (secondary N) is 1. The Morgan fingerprint density at radius 3 is 2.43 bits per heavy atom. The fourth-order valence-corrected chi connectivity index (χ4v) is 3.39. The number of thioether (sulfide) groups is 1. The second-order valence-electron chi connectivity index (χ2n) is 5.01. The van der Waals surface area contributed by atoms with Gasteiger partial charge in [0.15, 0.2) is 0 Å². The SMILES string of the molecule is NNC(CCCc1ccccc1)CSc1ccc(Br)cc1. The van der Waals surface area contributed by atoms with Gasteiger partial charge in [-0.1, -0.05) is 46.3 Å². The summed E-state index contributed by atoms with van der Waals surface area (Å²) >= 11 is 5.30. The Hall–Kier alpha value is -0.810. The highest BCUT2D eigenvalue weighted by atomic mass is 79.9. The standard InChI is InChI=1S/C17H21BrN2S/c18-15-9-11-17(12-10-15)21-13-16(20-19)8-4-7-14-5-2-1-3-6-14/h1-3,5-6,9-12,16,20H,4,7-8,13,19H2. The molecule has 0 saturated carbocycles. The van der Waals surface area contributed by atoms with Crippen LogP contribution in [0.1, 0.15) is 18.4 Å². The van der Waals surface area contributed by atoms with Crippen molar-refractivity contribution in [3.63, 3.8) is 0 Å². The van der Waals surface area contributed by atoms with Crippen LogP contribution in [0.25, 0.3) is 0 Å². The Labute approximate surface area is 139 Å². The molecular formula is C17H21BrN2S. The predicted molar refractivity (Wildman–Crippen MR) is 95.4 cm³/mol. The molecule has 0 bridgehead atoms. The van der Waals surface area contributed by atoms with Crippen LogP contribution < -0.4 is 11.3 Å². The Kier molecular flexibility index (Phi) is 7.30. The number of hydrogen-bond acceptors (Lipinski definition) is 3. The van der Waals surface area contributed by atoms with Gasteiger partial charge in [0.25, 0.3) is 0 Å². The van der Waals surface area contributed by atoms with Crippen molar-refractivity contribution in [3.8, 4) is 0 Å². The lowest BCUT2D eigenvalue weighted by atomic mass is 10.1. The maximum Gasteiger partial charge on any atom is 0.0304 e.